The van der Waals surface area contributed by atoms with Crippen molar-refractivity contribution in [2.75, 3.05) is 11.5 Å². The molecule has 0 aliphatic carbocycles. The predicted octanol–water partition coefficient (Wildman–Crippen LogP) is 0.966. The molecule has 0 aromatic carbocycles. The summed E-state index contributed by atoms with van der Waals surface area (Å²) in [6, 6.07) is 0. The van der Waals surface area contributed by atoms with Gasteiger partial charge in [0.25, 0.3) is 0 Å². The van der Waals surface area contributed by atoms with Gasteiger partial charge in [0.2, 0.25) is 0 Å². The normalized spacial score (nSPS) is 19.9. The van der Waals surface area contributed by atoms with Crippen LogP contribution in [0.5, 0.6) is 0 Å². The molecule has 2 aliphatic heterocycles. The van der Waals surface area contributed by atoms with Gasteiger partial charge in [-0.25, -0.2) is 8.80 Å². The lowest BCUT2D eigenvalue weighted by molar-refractivity contribution is -0.111. The average Bonchev–Trinajstić information content (AvgIpc) is 2.67. The van der Waals surface area contributed by atoms with Gasteiger partial charge in [0, 0.05) is 0 Å². The van der Waals surface area contributed by atoms with E-state index in [-0.39, 0.29) is 11.6 Å². The molecule has 0 amide bonds. The molecule has 13 heavy (non-hydrogen) atoms. The van der Waals surface area contributed by atoms with E-state index in [1.165, 1.54) is 30.1 Å². The third-order valence-corrected chi connectivity index (χ3v) is 2.74. The highest BCUT2D eigenvalue weighted by Gasteiger charge is 2.11. The van der Waals surface area contributed by atoms with Crippen molar-refractivity contribution in [1.82, 2.24) is 0 Å². The maximum absolute atomic E-state index is 10.4. The van der Waals surface area contributed by atoms with Crippen LogP contribution in [-0.4, -0.2) is 35.0 Å². The lowest BCUT2D eigenvalue weighted by Gasteiger charge is -1.76. The summed E-state index contributed by atoms with van der Waals surface area (Å²) in [5, 5.41) is 0. The van der Waals surface area contributed by atoms with Crippen LogP contribution < -0.4 is 0 Å². The summed E-state index contributed by atoms with van der Waals surface area (Å²) < 4.78 is 7.41. The fraction of sp³-hybridized carbons (Fsp3) is 0.429. The molecule has 0 atom stereocenters. The van der Waals surface area contributed by atoms with Crippen molar-refractivity contribution in [3.63, 3.8) is 0 Å². The molecule has 0 bridgehead atoms. The molecular weight excluding hydrogens is 208 g/mol. The zero-order chi connectivity index (χ0) is 9.68. The molecule has 70 valence electrons. The standard InChI is InChI=1S/C4H5NOS.C3H3NOS/c1-3-4(6)2-7-5-3;5-3-1-4-6-2-3/h2H2,1H3;1H,2H2. The van der Waals surface area contributed by atoms with E-state index in [2.05, 4.69) is 8.80 Å². The first kappa shape index (κ1) is 10.5. The van der Waals surface area contributed by atoms with Gasteiger partial charge < -0.3 is 0 Å². The van der Waals surface area contributed by atoms with Crippen LogP contribution in [-0.2, 0) is 9.59 Å². The second-order valence-electron chi connectivity index (χ2n) is 2.35. The van der Waals surface area contributed by atoms with Crippen LogP contribution in [0, 0.1) is 0 Å². The van der Waals surface area contributed by atoms with E-state index in [0.717, 1.165) is 0 Å². The summed E-state index contributed by atoms with van der Waals surface area (Å²) in [6.45, 7) is 1.74. The Morgan fingerprint density at radius 1 is 1.31 bits per heavy atom. The number of carbonyl (C=O) groups is 2. The van der Waals surface area contributed by atoms with Crippen LogP contribution in [0.3, 0.4) is 0 Å². The zero-order valence-electron chi connectivity index (χ0n) is 7.02. The minimum Gasteiger partial charge on any atom is -0.292 e. The lowest BCUT2D eigenvalue weighted by Crippen LogP contribution is -2.04. The Balaban J connectivity index is 0.000000132. The number of rotatable bonds is 0. The van der Waals surface area contributed by atoms with Crippen LogP contribution in [0.25, 0.3) is 0 Å². The monoisotopic (exact) mass is 216 g/mol. The molecule has 0 radical (unpaired) electrons. The van der Waals surface area contributed by atoms with Gasteiger partial charge >= 0.3 is 0 Å². The number of hydrogen-bond acceptors (Lipinski definition) is 6. The van der Waals surface area contributed by atoms with E-state index in [0.29, 0.717) is 17.2 Å². The average molecular weight is 216 g/mol. The quantitative estimate of drug-likeness (QED) is 0.566. The molecule has 0 saturated heterocycles. The molecule has 2 aliphatic rings. The highest BCUT2D eigenvalue weighted by Crippen LogP contribution is 2.10. The van der Waals surface area contributed by atoms with E-state index < -0.39 is 0 Å². The minimum atomic E-state index is 0.125. The first-order valence-corrected chi connectivity index (χ1v) is 5.46. The number of hydrogen-bond donors (Lipinski definition) is 0. The highest BCUT2D eigenvalue weighted by atomic mass is 32.2. The molecule has 0 N–H and O–H groups in total. The molecule has 4 nitrogen and oxygen atoms in total. The van der Waals surface area contributed by atoms with Gasteiger partial charge in [-0.1, -0.05) is 0 Å². The summed E-state index contributed by atoms with van der Waals surface area (Å²) in [5.74, 6) is 1.39. The number of ketones is 2. The Morgan fingerprint density at radius 3 is 2.23 bits per heavy atom. The molecular formula is C7H8N2O2S2. The SMILES string of the molecule is CC1=NSCC1=O.O=C1C=NSC1. The van der Waals surface area contributed by atoms with Crippen molar-refractivity contribution in [3.8, 4) is 0 Å². The van der Waals surface area contributed by atoms with Gasteiger partial charge in [-0.2, -0.15) is 0 Å². The summed E-state index contributed by atoms with van der Waals surface area (Å²) in [6.07, 6.45) is 1.35. The Hall–Kier alpha value is -0.620. The van der Waals surface area contributed by atoms with E-state index in [4.69, 9.17) is 0 Å². The fourth-order valence-electron chi connectivity index (χ4n) is 0.577. The fourth-order valence-corrected chi connectivity index (χ4v) is 1.73. The van der Waals surface area contributed by atoms with E-state index in [1.807, 2.05) is 0 Å². The van der Waals surface area contributed by atoms with Gasteiger partial charge in [-0.15, -0.1) is 0 Å². The van der Waals surface area contributed by atoms with Gasteiger partial charge in [-0.3, -0.25) is 9.59 Å². The van der Waals surface area contributed by atoms with Crippen molar-refractivity contribution in [2.24, 2.45) is 8.80 Å². The van der Waals surface area contributed by atoms with Crippen LogP contribution >= 0.6 is 23.9 Å². The maximum atomic E-state index is 10.4. The van der Waals surface area contributed by atoms with Crippen LogP contribution in [0.4, 0.5) is 0 Å². The van der Waals surface area contributed by atoms with Gasteiger partial charge in [0.15, 0.2) is 11.6 Å². The maximum Gasteiger partial charge on any atom is 0.189 e. The van der Waals surface area contributed by atoms with Gasteiger partial charge in [0.1, 0.15) is 0 Å². The second kappa shape index (κ2) is 5.18. The molecule has 0 aromatic rings. The molecule has 0 unspecified atom stereocenters. The molecule has 6 heteroatoms. The molecule has 2 heterocycles. The topological polar surface area (TPSA) is 58.9 Å². The molecule has 0 spiro atoms. The Bertz CT molecular complexity index is 286. The third-order valence-electron chi connectivity index (χ3n) is 1.28. The predicted molar refractivity (Wildman–Crippen MR) is 56.5 cm³/mol. The Morgan fingerprint density at radius 2 is 2.08 bits per heavy atom. The minimum absolute atomic E-state index is 0.125. The second-order valence-corrected chi connectivity index (χ2v) is 3.83. The van der Waals surface area contributed by atoms with Crippen LogP contribution in [0.1, 0.15) is 6.92 Å². The van der Waals surface area contributed by atoms with Crippen molar-refractivity contribution >= 4 is 47.4 Å². The van der Waals surface area contributed by atoms with Crippen molar-refractivity contribution in [2.45, 2.75) is 6.92 Å². The van der Waals surface area contributed by atoms with Crippen LogP contribution in [0.2, 0.25) is 0 Å². The Kier molecular flexibility index (Phi) is 4.17. The molecule has 0 saturated carbocycles. The van der Waals surface area contributed by atoms with Gasteiger partial charge in [0.05, 0.1) is 23.4 Å². The lowest BCUT2D eigenvalue weighted by atomic mass is 10.3. The smallest absolute Gasteiger partial charge is 0.189 e. The molecule has 0 aromatic heterocycles. The summed E-state index contributed by atoms with van der Waals surface area (Å²) in [4.78, 5) is 20.5. The molecule has 2 rings (SSSR count). The van der Waals surface area contributed by atoms with Crippen molar-refractivity contribution in [3.05, 3.63) is 0 Å². The number of carbonyl (C=O) groups excluding carboxylic acids is 2. The summed E-state index contributed by atoms with van der Waals surface area (Å²) >= 11 is 2.63. The van der Waals surface area contributed by atoms with Crippen molar-refractivity contribution < 1.29 is 9.59 Å². The number of nitrogens with zero attached hydrogens (tertiary/aromatic N) is 2. The Labute approximate surface area is 84.6 Å². The largest absolute Gasteiger partial charge is 0.292 e. The first-order chi connectivity index (χ1) is 6.20. The van der Waals surface area contributed by atoms with E-state index in [9.17, 15) is 9.59 Å². The van der Waals surface area contributed by atoms with E-state index >= 15 is 0 Å². The summed E-state index contributed by atoms with van der Waals surface area (Å²) in [5.41, 5.74) is 0.657. The van der Waals surface area contributed by atoms with E-state index in [1.54, 1.807) is 6.92 Å². The van der Waals surface area contributed by atoms with Crippen molar-refractivity contribution in [1.29, 1.82) is 0 Å². The van der Waals surface area contributed by atoms with Crippen LogP contribution in [0.15, 0.2) is 8.80 Å². The van der Waals surface area contributed by atoms with Gasteiger partial charge in [-0.05, 0) is 30.8 Å². The first-order valence-electron chi connectivity index (χ1n) is 3.58. The third kappa shape index (κ3) is 3.73. The highest BCUT2D eigenvalue weighted by molar-refractivity contribution is 7.99. The number of Topliss-reactive ketones (excluding diaryl/α,β-unsaturated/α-hetero) is 2. The zero-order valence-corrected chi connectivity index (χ0v) is 8.65. The summed E-state index contributed by atoms with van der Waals surface area (Å²) in [7, 11) is 0. The molecule has 0 fully saturated rings.